The minimum absolute atomic E-state index is 0.0763. The van der Waals surface area contributed by atoms with Gasteiger partial charge in [0.1, 0.15) is 18.1 Å². The largest absolute Gasteiger partial charge is 0.487 e. The first-order valence-corrected chi connectivity index (χ1v) is 8.48. The van der Waals surface area contributed by atoms with Gasteiger partial charge in [-0.2, -0.15) is 4.98 Å². The molecule has 4 aromatic rings. The highest BCUT2D eigenvalue weighted by Gasteiger charge is 2.27. The van der Waals surface area contributed by atoms with Crippen LogP contribution in [0, 0.1) is 0 Å². The number of hydrogen-bond acceptors (Lipinski definition) is 5. The van der Waals surface area contributed by atoms with Gasteiger partial charge in [-0.3, -0.25) is 14.5 Å². The monoisotopic (exact) mass is 344 g/mol. The average Bonchev–Trinajstić information content (AvgIpc) is 3.25. The fourth-order valence-corrected chi connectivity index (χ4v) is 3.21. The lowest BCUT2D eigenvalue weighted by molar-refractivity contribution is 0.144. The molecule has 0 amide bonds. The molecule has 128 valence electrons. The number of aromatic nitrogens is 4. The number of rotatable bonds is 4. The van der Waals surface area contributed by atoms with E-state index < -0.39 is 0 Å². The molecule has 1 atom stereocenters. The lowest BCUT2D eigenvalue weighted by atomic mass is 10.1. The van der Waals surface area contributed by atoms with Crippen LogP contribution in [0.2, 0.25) is 0 Å². The molecule has 6 nitrogen and oxygen atoms in total. The number of benzene rings is 1. The Kier molecular flexibility index (Phi) is 3.52. The molecule has 4 heterocycles. The van der Waals surface area contributed by atoms with Crippen LogP contribution >= 0.6 is 0 Å². The molecule has 0 radical (unpaired) electrons. The van der Waals surface area contributed by atoms with Crippen molar-refractivity contribution in [2.24, 2.45) is 0 Å². The molecule has 6 heteroatoms. The van der Waals surface area contributed by atoms with Crippen molar-refractivity contribution in [1.82, 2.24) is 19.5 Å². The molecule has 0 unspecified atom stereocenters. The van der Waals surface area contributed by atoms with Gasteiger partial charge in [0.25, 0.3) is 6.01 Å². The van der Waals surface area contributed by atoms with E-state index in [1.807, 2.05) is 42.5 Å². The molecular formula is C20H16N4O2. The Morgan fingerprint density at radius 1 is 1.04 bits per heavy atom. The Balaban J connectivity index is 1.33. The fourth-order valence-electron chi connectivity index (χ4n) is 3.21. The third-order valence-electron chi connectivity index (χ3n) is 4.43. The third-order valence-corrected chi connectivity index (χ3v) is 4.43. The van der Waals surface area contributed by atoms with E-state index in [-0.39, 0.29) is 6.10 Å². The Morgan fingerprint density at radius 2 is 1.92 bits per heavy atom. The number of pyridine rings is 2. The highest BCUT2D eigenvalue weighted by molar-refractivity contribution is 5.76. The number of nitrogens with zero attached hydrogens (tertiary/aromatic N) is 4. The van der Waals surface area contributed by atoms with Crippen molar-refractivity contribution in [1.29, 1.82) is 0 Å². The number of ether oxygens (including phenoxy) is 2. The SMILES string of the molecule is c1cnc(-c2ccncc2)c(OC[C@@H]2Cn3c(nc4ccccc43)O2)c1. The van der Waals surface area contributed by atoms with Crippen LogP contribution in [0.15, 0.2) is 67.1 Å². The number of fused-ring (bicyclic) bond motifs is 3. The molecule has 0 fully saturated rings. The van der Waals surface area contributed by atoms with Crippen molar-refractivity contribution in [2.75, 3.05) is 6.61 Å². The number of para-hydroxylation sites is 2. The molecule has 0 saturated carbocycles. The van der Waals surface area contributed by atoms with Crippen LogP contribution in [-0.4, -0.2) is 32.2 Å². The van der Waals surface area contributed by atoms with Gasteiger partial charge in [0.05, 0.1) is 17.6 Å². The van der Waals surface area contributed by atoms with E-state index in [0.717, 1.165) is 34.6 Å². The molecule has 1 aliphatic rings. The normalized spacial score (nSPS) is 15.6. The molecule has 1 aliphatic heterocycles. The number of imidazole rings is 1. The Morgan fingerprint density at radius 3 is 2.85 bits per heavy atom. The Bertz CT molecular complexity index is 1060. The molecule has 26 heavy (non-hydrogen) atoms. The van der Waals surface area contributed by atoms with Gasteiger partial charge >= 0.3 is 0 Å². The molecule has 5 rings (SSSR count). The van der Waals surface area contributed by atoms with Crippen molar-refractivity contribution >= 4 is 11.0 Å². The molecule has 0 bridgehead atoms. The first kappa shape index (κ1) is 14.9. The van der Waals surface area contributed by atoms with Crippen LogP contribution in [0.5, 0.6) is 11.8 Å². The van der Waals surface area contributed by atoms with E-state index in [1.54, 1.807) is 18.6 Å². The fraction of sp³-hybridized carbons (Fsp3) is 0.150. The van der Waals surface area contributed by atoms with Gasteiger partial charge in [-0.1, -0.05) is 12.1 Å². The summed E-state index contributed by atoms with van der Waals surface area (Å²) in [7, 11) is 0. The van der Waals surface area contributed by atoms with Crippen LogP contribution in [0.25, 0.3) is 22.3 Å². The van der Waals surface area contributed by atoms with Crippen LogP contribution < -0.4 is 9.47 Å². The topological polar surface area (TPSA) is 62.1 Å². The molecule has 0 aliphatic carbocycles. The van der Waals surface area contributed by atoms with Crippen molar-refractivity contribution in [3.05, 3.63) is 67.1 Å². The van der Waals surface area contributed by atoms with Crippen LogP contribution in [0.3, 0.4) is 0 Å². The Hall–Kier alpha value is -3.41. The van der Waals surface area contributed by atoms with Gasteiger partial charge in [0, 0.05) is 24.2 Å². The second kappa shape index (κ2) is 6.15. The lowest BCUT2D eigenvalue weighted by Gasteiger charge is -2.14. The molecule has 0 N–H and O–H groups in total. The Labute approximate surface area is 150 Å². The second-order valence-corrected chi connectivity index (χ2v) is 6.13. The zero-order valence-electron chi connectivity index (χ0n) is 13.9. The summed E-state index contributed by atoms with van der Waals surface area (Å²) in [4.78, 5) is 13.0. The molecular weight excluding hydrogens is 328 g/mol. The quantitative estimate of drug-likeness (QED) is 0.568. The lowest BCUT2D eigenvalue weighted by Crippen LogP contribution is -2.23. The van der Waals surface area contributed by atoms with E-state index in [4.69, 9.17) is 9.47 Å². The van der Waals surface area contributed by atoms with Crippen LogP contribution in [0.4, 0.5) is 0 Å². The van der Waals surface area contributed by atoms with Crippen LogP contribution in [-0.2, 0) is 6.54 Å². The maximum atomic E-state index is 6.04. The average molecular weight is 344 g/mol. The summed E-state index contributed by atoms with van der Waals surface area (Å²) in [6.07, 6.45) is 5.18. The standard InChI is InChI=1S/C20H16N4O2/c1-2-5-17-16(4-1)23-20-24(17)12-15(26-20)13-25-18-6-3-9-22-19(18)14-7-10-21-11-8-14/h1-11,15H,12-13H2/t15-/m0/s1. The van der Waals surface area contributed by atoms with Crippen molar-refractivity contribution in [3.63, 3.8) is 0 Å². The smallest absolute Gasteiger partial charge is 0.297 e. The minimum atomic E-state index is -0.0763. The maximum Gasteiger partial charge on any atom is 0.297 e. The maximum absolute atomic E-state index is 6.04. The first-order valence-electron chi connectivity index (χ1n) is 8.48. The van der Waals surface area contributed by atoms with E-state index in [2.05, 4.69) is 25.6 Å². The minimum Gasteiger partial charge on any atom is -0.487 e. The second-order valence-electron chi connectivity index (χ2n) is 6.13. The molecule has 0 spiro atoms. The summed E-state index contributed by atoms with van der Waals surface area (Å²) in [5.74, 6) is 0.733. The van der Waals surface area contributed by atoms with Gasteiger partial charge in [-0.05, 0) is 36.4 Å². The first-order chi connectivity index (χ1) is 12.9. The van der Waals surface area contributed by atoms with Crippen LogP contribution in [0.1, 0.15) is 0 Å². The molecule has 3 aromatic heterocycles. The van der Waals surface area contributed by atoms with Gasteiger partial charge in [0.2, 0.25) is 0 Å². The third kappa shape index (κ3) is 2.56. The summed E-state index contributed by atoms with van der Waals surface area (Å²) in [5.41, 5.74) is 3.82. The summed E-state index contributed by atoms with van der Waals surface area (Å²) in [6.45, 7) is 1.15. The van der Waals surface area contributed by atoms with Crippen molar-refractivity contribution in [3.8, 4) is 23.0 Å². The zero-order chi connectivity index (χ0) is 17.3. The summed E-state index contributed by atoms with van der Waals surface area (Å²) >= 11 is 0. The summed E-state index contributed by atoms with van der Waals surface area (Å²) < 4.78 is 14.1. The zero-order valence-corrected chi connectivity index (χ0v) is 13.9. The van der Waals surface area contributed by atoms with E-state index in [1.165, 1.54) is 0 Å². The van der Waals surface area contributed by atoms with Gasteiger partial charge in [0.15, 0.2) is 6.10 Å². The van der Waals surface area contributed by atoms with Gasteiger partial charge in [-0.25, -0.2) is 0 Å². The number of hydrogen-bond donors (Lipinski definition) is 0. The van der Waals surface area contributed by atoms with Crippen molar-refractivity contribution in [2.45, 2.75) is 12.6 Å². The van der Waals surface area contributed by atoms with E-state index >= 15 is 0 Å². The van der Waals surface area contributed by atoms with E-state index in [9.17, 15) is 0 Å². The summed E-state index contributed by atoms with van der Waals surface area (Å²) in [5, 5.41) is 0. The van der Waals surface area contributed by atoms with E-state index in [0.29, 0.717) is 12.6 Å². The summed E-state index contributed by atoms with van der Waals surface area (Å²) in [6, 6.07) is 16.3. The highest BCUT2D eigenvalue weighted by Crippen LogP contribution is 2.30. The van der Waals surface area contributed by atoms with Crippen molar-refractivity contribution < 1.29 is 9.47 Å². The van der Waals surface area contributed by atoms with Gasteiger partial charge < -0.3 is 9.47 Å². The predicted molar refractivity (Wildman–Crippen MR) is 97.1 cm³/mol. The highest BCUT2D eigenvalue weighted by atomic mass is 16.6. The van der Waals surface area contributed by atoms with Gasteiger partial charge in [-0.15, -0.1) is 0 Å². The molecule has 1 aromatic carbocycles. The molecule has 0 saturated heterocycles. The predicted octanol–water partition coefficient (Wildman–Crippen LogP) is 3.33.